The summed E-state index contributed by atoms with van der Waals surface area (Å²) < 4.78 is 11.2. The van der Waals surface area contributed by atoms with Gasteiger partial charge in [-0.25, -0.2) is 0 Å². The molecule has 2 fully saturated rings. The van der Waals surface area contributed by atoms with Crippen molar-refractivity contribution in [2.75, 3.05) is 26.9 Å². The zero-order valence-corrected chi connectivity index (χ0v) is 17.9. The number of hydrogen-bond acceptors (Lipinski definition) is 5. The van der Waals surface area contributed by atoms with Crippen LogP contribution in [0.4, 0.5) is 0 Å². The Hall–Kier alpha value is -2.54. The summed E-state index contributed by atoms with van der Waals surface area (Å²) in [5.41, 5.74) is 6.57. The molecule has 1 aromatic heterocycles. The minimum absolute atomic E-state index is 0.303. The highest BCUT2D eigenvalue weighted by atomic mass is 16.7. The van der Waals surface area contributed by atoms with Gasteiger partial charge in [0.1, 0.15) is 0 Å². The van der Waals surface area contributed by atoms with Crippen LogP contribution in [-0.2, 0) is 11.3 Å². The third-order valence-electron chi connectivity index (χ3n) is 7.87. The van der Waals surface area contributed by atoms with E-state index in [-0.39, 0.29) is 0 Å². The lowest BCUT2D eigenvalue weighted by molar-refractivity contribution is -0.140. The van der Waals surface area contributed by atoms with Crippen LogP contribution in [0.2, 0.25) is 0 Å². The molecule has 0 bridgehead atoms. The van der Waals surface area contributed by atoms with Crippen LogP contribution in [0.25, 0.3) is 22.0 Å². The smallest absolute Gasteiger partial charge is 0.231 e. The Bertz CT molecular complexity index is 1190. The number of hydrogen-bond donors (Lipinski definition) is 1. The molecule has 0 unspecified atom stereocenters. The van der Waals surface area contributed by atoms with E-state index in [2.05, 4.69) is 59.3 Å². The number of rotatable bonds is 1. The highest BCUT2D eigenvalue weighted by Gasteiger charge is 2.48. The molecule has 31 heavy (non-hydrogen) atoms. The number of aromatic nitrogens is 1. The summed E-state index contributed by atoms with van der Waals surface area (Å²) in [4.78, 5) is 12.6. The van der Waals surface area contributed by atoms with Gasteiger partial charge in [-0.3, -0.25) is 9.74 Å². The van der Waals surface area contributed by atoms with Gasteiger partial charge in [-0.2, -0.15) is 5.06 Å². The molecule has 160 valence electrons. The molecule has 5 heterocycles. The Morgan fingerprint density at radius 2 is 2.00 bits per heavy atom. The first kappa shape index (κ1) is 18.1. The molecule has 6 heteroatoms. The molecular formula is C25H27N3O3. The van der Waals surface area contributed by atoms with E-state index in [4.69, 9.17) is 14.3 Å². The third-order valence-corrected chi connectivity index (χ3v) is 7.87. The van der Waals surface area contributed by atoms with E-state index < -0.39 is 0 Å². The number of H-pyrrole nitrogens is 1. The van der Waals surface area contributed by atoms with E-state index in [1.165, 1.54) is 33.3 Å². The van der Waals surface area contributed by atoms with Crippen molar-refractivity contribution in [3.63, 3.8) is 0 Å². The fourth-order valence-electron chi connectivity index (χ4n) is 6.36. The first-order valence-electron chi connectivity index (χ1n) is 11.3. The van der Waals surface area contributed by atoms with E-state index in [1.807, 2.05) is 6.07 Å². The number of nitrogens with zero attached hydrogens (tertiary/aromatic N) is 2. The van der Waals surface area contributed by atoms with Gasteiger partial charge in [0.25, 0.3) is 0 Å². The predicted octanol–water partition coefficient (Wildman–Crippen LogP) is 4.12. The van der Waals surface area contributed by atoms with Crippen molar-refractivity contribution in [2.45, 2.75) is 38.0 Å². The second-order valence-corrected chi connectivity index (χ2v) is 9.40. The Morgan fingerprint density at radius 1 is 1.10 bits per heavy atom. The van der Waals surface area contributed by atoms with Gasteiger partial charge >= 0.3 is 0 Å². The summed E-state index contributed by atoms with van der Waals surface area (Å²) in [6.45, 7) is 4.75. The van der Waals surface area contributed by atoms with Crippen LogP contribution in [0, 0.1) is 5.92 Å². The number of ether oxygens (including phenoxy) is 2. The van der Waals surface area contributed by atoms with E-state index in [0.29, 0.717) is 30.9 Å². The second-order valence-electron chi connectivity index (χ2n) is 9.40. The van der Waals surface area contributed by atoms with Gasteiger partial charge in [0.15, 0.2) is 11.5 Å². The first-order chi connectivity index (χ1) is 15.2. The lowest BCUT2D eigenvalue weighted by atomic mass is 9.81. The maximum absolute atomic E-state index is 6.05. The Balaban J connectivity index is 1.33. The Labute approximate surface area is 181 Å². The maximum Gasteiger partial charge on any atom is 0.231 e. The lowest BCUT2D eigenvalue weighted by Crippen LogP contribution is -2.50. The fourth-order valence-corrected chi connectivity index (χ4v) is 6.36. The number of hydroxylamine groups is 2. The molecular weight excluding hydrogens is 390 g/mol. The molecule has 0 spiro atoms. The third kappa shape index (κ3) is 2.56. The maximum atomic E-state index is 6.05. The molecule has 1 N–H and O–H groups in total. The quantitative estimate of drug-likeness (QED) is 0.646. The van der Waals surface area contributed by atoms with Crippen molar-refractivity contribution in [3.05, 3.63) is 47.7 Å². The van der Waals surface area contributed by atoms with Crippen LogP contribution in [0.15, 0.2) is 36.4 Å². The standard InChI is InChI=1S/C25H27N3O3/c1-14-18-12-28-9-8-17-24-16(15-6-7-22-23(10-15)30-13-29-22)4-3-5-19(24)26-25(17)21(28)11-20(18)27(2)31-14/h3-7,10,14,18,20-21,26H,8-9,11-13H2,1-2H3/t14-,18-,20-,21-/m0/s1. The normalized spacial score (nSPS) is 29.7. The molecule has 4 aliphatic rings. The summed E-state index contributed by atoms with van der Waals surface area (Å²) in [5, 5.41) is 3.48. The van der Waals surface area contributed by atoms with Crippen LogP contribution >= 0.6 is 0 Å². The van der Waals surface area contributed by atoms with Crippen molar-refractivity contribution in [1.82, 2.24) is 14.9 Å². The van der Waals surface area contributed by atoms with E-state index in [1.54, 1.807) is 0 Å². The van der Waals surface area contributed by atoms with Crippen molar-refractivity contribution < 1.29 is 14.3 Å². The van der Waals surface area contributed by atoms with Gasteiger partial charge in [0.2, 0.25) is 6.79 Å². The molecule has 2 aromatic carbocycles. The SMILES string of the molecule is C[C@@H]1ON(C)[C@H]2C[C@H]3c4[nH]c5cccc(-c6ccc7c(c6)OCO7)c5c4CCN3C[C@@H]12. The minimum Gasteiger partial charge on any atom is -0.454 e. The molecule has 2 saturated heterocycles. The molecule has 0 aliphatic carbocycles. The monoisotopic (exact) mass is 417 g/mol. The van der Waals surface area contributed by atoms with Crippen LogP contribution in [0.5, 0.6) is 11.5 Å². The second kappa shape index (κ2) is 6.48. The van der Waals surface area contributed by atoms with Gasteiger partial charge in [-0.15, -0.1) is 0 Å². The summed E-state index contributed by atoms with van der Waals surface area (Å²) >= 11 is 0. The van der Waals surface area contributed by atoms with Crippen LogP contribution in [0.3, 0.4) is 0 Å². The number of aromatic amines is 1. The Kier molecular flexibility index (Phi) is 3.78. The number of benzene rings is 2. The lowest BCUT2D eigenvalue weighted by Gasteiger charge is -2.44. The molecule has 0 amide bonds. The summed E-state index contributed by atoms with van der Waals surface area (Å²) in [6, 6.07) is 13.8. The van der Waals surface area contributed by atoms with E-state index >= 15 is 0 Å². The summed E-state index contributed by atoms with van der Waals surface area (Å²) in [6.07, 6.45) is 2.50. The molecule has 7 rings (SSSR count). The Morgan fingerprint density at radius 3 is 2.94 bits per heavy atom. The minimum atomic E-state index is 0.303. The van der Waals surface area contributed by atoms with Crippen molar-refractivity contribution >= 4 is 10.9 Å². The first-order valence-corrected chi connectivity index (χ1v) is 11.3. The zero-order valence-electron chi connectivity index (χ0n) is 17.9. The molecule has 0 saturated carbocycles. The van der Waals surface area contributed by atoms with Gasteiger partial charge in [0, 0.05) is 48.7 Å². The molecule has 4 atom stereocenters. The number of nitrogens with one attached hydrogen (secondary N) is 1. The average Bonchev–Trinajstić information content (AvgIpc) is 3.47. The van der Waals surface area contributed by atoms with Gasteiger partial charge in [0.05, 0.1) is 12.1 Å². The summed E-state index contributed by atoms with van der Waals surface area (Å²) in [5.74, 6) is 2.26. The number of piperidine rings is 1. The van der Waals surface area contributed by atoms with Gasteiger partial charge in [-0.1, -0.05) is 18.2 Å². The molecule has 6 nitrogen and oxygen atoms in total. The fraction of sp³-hybridized carbons (Fsp3) is 0.440. The molecule has 3 aromatic rings. The summed E-state index contributed by atoms with van der Waals surface area (Å²) in [7, 11) is 2.10. The molecule has 0 radical (unpaired) electrons. The predicted molar refractivity (Wildman–Crippen MR) is 118 cm³/mol. The van der Waals surface area contributed by atoms with Crippen molar-refractivity contribution in [1.29, 1.82) is 0 Å². The highest BCUT2D eigenvalue weighted by Crippen LogP contribution is 2.47. The largest absolute Gasteiger partial charge is 0.454 e. The average molecular weight is 418 g/mol. The zero-order chi connectivity index (χ0) is 20.7. The van der Waals surface area contributed by atoms with Crippen LogP contribution < -0.4 is 9.47 Å². The van der Waals surface area contributed by atoms with Crippen molar-refractivity contribution in [2.24, 2.45) is 5.92 Å². The van der Waals surface area contributed by atoms with E-state index in [0.717, 1.165) is 37.4 Å². The van der Waals surface area contributed by atoms with Crippen LogP contribution in [0.1, 0.15) is 30.6 Å². The molecule has 4 aliphatic heterocycles. The van der Waals surface area contributed by atoms with Gasteiger partial charge < -0.3 is 14.5 Å². The topological polar surface area (TPSA) is 50.0 Å². The highest BCUT2D eigenvalue weighted by molar-refractivity contribution is 5.99. The van der Waals surface area contributed by atoms with Crippen molar-refractivity contribution in [3.8, 4) is 22.6 Å². The van der Waals surface area contributed by atoms with Crippen LogP contribution in [-0.4, -0.2) is 54.0 Å². The van der Waals surface area contributed by atoms with Gasteiger partial charge in [-0.05, 0) is 54.7 Å². The van der Waals surface area contributed by atoms with E-state index in [9.17, 15) is 0 Å². The number of fused-ring (bicyclic) bond motifs is 7.